The number of aryl methyl sites for hydroxylation is 1. The molecule has 1 aromatic rings. The quantitative estimate of drug-likeness (QED) is 0.475. The van der Waals surface area contributed by atoms with Crippen LogP contribution in [0.15, 0.2) is 12.1 Å². The molecule has 1 aliphatic rings. The SMILES string of the molecule is Cc1cc([N+](=O)[O-])c(Cl)cc1N1CC(Br)CC1=O. The summed E-state index contributed by atoms with van der Waals surface area (Å²) in [5.74, 6) is -0.00936. The van der Waals surface area contributed by atoms with Gasteiger partial charge in [0, 0.05) is 29.5 Å². The average molecular weight is 334 g/mol. The van der Waals surface area contributed by atoms with E-state index in [4.69, 9.17) is 11.6 Å². The Morgan fingerprint density at radius 3 is 2.72 bits per heavy atom. The molecule has 0 radical (unpaired) electrons. The van der Waals surface area contributed by atoms with E-state index in [0.29, 0.717) is 24.2 Å². The molecule has 1 aromatic carbocycles. The van der Waals surface area contributed by atoms with Gasteiger partial charge in [0.15, 0.2) is 0 Å². The van der Waals surface area contributed by atoms with Gasteiger partial charge in [-0.15, -0.1) is 0 Å². The lowest BCUT2D eigenvalue weighted by molar-refractivity contribution is -0.384. The zero-order valence-corrected chi connectivity index (χ0v) is 11.9. The van der Waals surface area contributed by atoms with Crippen LogP contribution in [0.4, 0.5) is 11.4 Å². The molecular formula is C11H10BrClN2O3. The predicted octanol–water partition coefficient (Wildman–Crippen LogP) is 3.06. The maximum Gasteiger partial charge on any atom is 0.288 e. The summed E-state index contributed by atoms with van der Waals surface area (Å²) < 4.78 is 0. The molecule has 1 unspecified atom stereocenters. The number of anilines is 1. The highest BCUT2D eigenvalue weighted by atomic mass is 79.9. The van der Waals surface area contributed by atoms with Crippen molar-refractivity contribution in [2.24, 2.45) is 0 Å². The minimum atomic E-state index is -0.530. The van der Waals surface area contributed by atoms with Crippen molar-refractivity contribution < 1.29 is 9.72 Å². The number of alkyl halides is 1. The van der Waals surface area contributed by atoms with E-state index in [2.05, 4.69) is 15.9 Å². The van der Waals surface area contributed by atoms with Crippen LogP contribution in [0.25, 0.3) is 0 Å². The van der Waals surface area contributed by atoms with Crippen molar-refractivity contribution in [1.82, 2.24) is 0 Å². The summed E-state index contributed by atoms with van der Waals surface area (Å²) in [5, 5.41) is 10.8. The maximum atomic E-state index is 11.8. The van der Waals surface area contributed by atoms with Crippen molar-refractivity contribution in [3.8, 4) is 0 Å². The van der Waals surface area contributed by atoms with Crippen LogP contribution in [0.1, 0.15) is 12.0 Å². The monoisotopic (exact) mass is 332 g/mol. The fraction of sp³-hybridized carbons (Fsp3) is 0.364. The van der Waals surface area contributed by atoms with Gasteiger partial charge < -0.3 is 4.90 Å². The first-order chi connectivity index (χ1) is 8.40. The van der Waals surface area contributed by atoms with Gasteiger partial charge in [-0.25, -0.2) is 0 Å². The molecule has 96 valence electrons. The second kappa shape index (κ2) is 4.85. The van der Waals surface area contributed by atoms with Crippen molar-refractivity contribution in [2.45, 2.75) is 18.2 Å². The van der Waals surface area contributed by atoms with Gasteiger partial charge in [-0.05, 0) is 18.6 Å². The van der Waals surface area contributed by atoms with Gasteiger partial charge in [-0.3, -0.25) is 14.9 Å². The predicted molar refractivity (Wildman–Crippen MR) is 72.5 cm³/mol. The number of hydrogen-bond donors (Lipinski definition) is 0. The van der Waals surface area contributed by atoms with Crippen LogP contribution in [-0.2, 0) is 4.79 Å². The largest absolute Gasteiger partial charge is 0.311 e. The number of halogens is 2. The molecule has 2 rings (SSSR count). The molecule has 1 fully saturated rings. The summed E-state index contributed by atoms with van der Waals surface area (Å²) in [6.45, 7) is 2.28. The van der Waals surface area contributed by atoms with Gasteiger partial charge in [0.2, 0.25) is 5.91 Å². The fourth-order valence-corrected chi connectivity index (χ4v) is 2.78. The Balaban J connectivity index is 2.44. The topological polar surface area (TPSA) is 63.5 Å². The first-order valence-corrected chi connectivity index (χ1v) is 6.58. The number of hydrogen-bond acceptors (Lipinski definition) is 3. The van der Waals surface area contributed by atoms with Crippen LogP contribution >= 0.6 is 27.5 Å². The number of benzene rings is 1. The second-order valence-corrected chi connectivity index (χ2v) is 5.86. The van der Waals surface area contributed by atoms with Crippen LogP contribution in [0.5, 0.6) is 0 Å². The lowest BCUT2D eigenvalue weighted by Crippen LogP contribution is -2.25. The molecule has 1 amide bonds. The van der Waals surface area contributed by atoms with Gasteiger partial charge in [0.05, 0.1) is 4.92 Å². The van der Waals surface area contributed by atoms with E-state index in [9.17, 15) is 14.9 Å². The molecule has 1 aliphatic heterocycles. The summed E-state index contributed by atoms with van der Waals surface area (Å²) in [5.41, 5.74) is 1.17. The first-order valence-electron chi connectivity index (χ1n) is 5.29. The van der Waals surface area contributed by atoms with Crippen LogP contribution < -0.4 is 4.90 Å². The van der Waals surface area contributed by atoms with Gasteiger partial charge in [0.25, 0.3) is 5.69 Å². The highest BCUT2D eigenvalue weighted by Gasteiger charge is 2.30. The van der Waals surface area contributed by atoms with E-state index in [1.54, 1.807) is 11.8 Å². The standard InChI is InChI=1S/C11H10BrClN2O3/c1-6-2-10(15(17)18)8(13)4-9(6)14-5-7(12)3-11(14)16/h2,4,7H,3,5H2,1H3. The molecule has 0 N–H and O–H groups in total. The Labute approximate surface area is 117 Å². The lowest BCUT2D eigenvalue weighted by atomic mass is 10.1. The van der Waals surface area contributed by atoms with Crippen molar-refractivity contribution in [2.75, 3.05) is 11.4 Å². The highest BCUT2D eigenvalue weighted by Crippen LogP contribution is 2.35. The molecular weight excluding hydrogens is 323 g/mol. The lowest BCUT2D eigenvalue weighted by Gasteiger charge is -2.18. The number of carbonyl (C=O) groups excluding carboxylic acids is 1. The van der Waals surface area contributed by atoms with E-state index in [-0.39, 0.29) is 21.4 Å². The van der Waals surface area contributed by atoms with Crippen LogP contribution in [0.3, 0.4) is 0 Å². The third kappa shape index (κ3) is 2.35. The molecule has 18 heavy (non-hydrogen) atoms. The van der Waals surface area contributed by atoms with E-state index in [1.807, 2.05) is 0 Å². The van der Waals surface area contributed by atoms with Crippen LogP contribution in [0.2, 0.25) is 5.02 Å². The van der Waals surface area contributed by atoms with Crippen molar-refractivity contribution in [3.05, 3.63) is 32.8 Å². The van der Waals surface area contributed by atoms with Crippen molar-refractivity contribution >= 4 is 44.8 Å². The second-order valence-electron chi connectivity index (χ2n) is 4.15. The number of nitrogens with zero attached hydrogens (tertiary/aromatic N) is 2. The molecule has 0 aromatic heterocycles. The number of carbonyl (C=O) groups is 1. The van der Waals surface area contributed by atoms with E-state index >= 15 is 0 Å². The number of nitro benzene ring substituents is 1. The van der Waals surface area contributed by atoms with Crippen molar-refractivity contribution in [3.63, 3.8) is 0 Å². The fourth-order valence-electron chi connectivity index (χ4n) is 1.98. The molecule has 1 atom stereocenters. The zero-order chi connectivity index (χ0) is 13.4. The third-order valence-electron chi connectivity index (χ3n) is 2.83. The zero-order valence-electron chi connectivity index (χ0n) is 9.52. The molecule has 7 heteroatoms. The Bertz CT molecular complexity index is 535. The summed E-state index contributed by atoms with van der Waals surface area (Å²) >= 11 is 9.26. The van der Waals surface area contributed by atoms with E-state index < -0.39 is 4.92 Å². The molecule has 0 bridgehead atoms. The maximum absolute atomic E-state index is 11.8. The molecule has 1 heterocycles. The van der Waals surface area contributed by atoms with Gasteiger partial charge in [-0.1, -0.05) is 27.5 Å². The summed E-state index contributed by atoms with van der Waals surface area (Å²) in [6, 6.07) is 2.88. The molecule has 0 spiro atoms. The number of rotatable bonds is 2. The van der Waals surface area contributed by atoms with Gasteiger partial charge in [0.1, 0.15) is 5.02 Å². The highest BCUT2D eigenvalue weighted by molar-refractivity contribution is 9.09. The smallest absolute Gasteiger partial charge is 0.288 e. The van der Waals surface area contributed by atoms with Crippen LogP contribution in [0, 0.1) is 17.0 Å². The number of nitro groups is 1. The first kappa shape index (κ1) is 13.3. The molecule has 0 saturated carbocycles. The van der Waals surface area contributed by atoms with Gasteiger partial charge >= 0.3 is 0 Å². The minimum absolute atomic E-state index is 0.00936. The van der Waals surface area contributed by atoms with Gasteiger partial charge in [-0.2, -0.15) is 0 Å². The summed E-state index contributed by atoms with van der Waals surface area (Å²) in [4.78, 5) is 23.7. The minimum Gasteiger partial charge on any atom is -0.311 e. The molecule has 5 nitrogen and oxygen atoms in total. The molecule has 1 saturated heterocycles. The van der Waals surface area contributed by atoms with E-state index in [0.717, 1.165) is 0 Å². The normalized spacial score (nSPS) is 19.4. The third-order valence-corrected chi connectivity index (χ3v) is 3.75. The number of amides is 1. The Morgan fingerprint density at radius 2 is 2.22 bits per heavy atom. The average Bonchev–Trinajstić information content (AvgIpc) is 2.60. The van der Waals surface area contributed by atoms with E-state index in [1.165, 1.54) is 12.1 Å². The Hall–Kier alpha value is -1.14. The van der Waals surface area contributed by atoms with Crippen molar-refractivity contribution in [1.29, 1.82) is 0 Å². The van der Waals surface area contributed by atoms with Crippen LogP contribution in [-0.4, -0.2) is 22.2 Å². The Kier molecular flexibility index (Phi) is 3.59. The summed E-state index contributed by atoms with van der Waals surface area (Å²) in [6.07, 6.45) is 0.425. The Morgan fingerprint density at radius 1 is 1.56 bits per heavy atom. The molecule has 0 aliphatic carbocycles. The summed E-state index contributed by atoms with van der Waals surface area (Å²) in [7, 11) is 0.